The van der Waals surface area contributed by atoms with Gasteiger partial charge in [0.1, 0.15) is 17.3 Å². The molecule has 2 aromatic rings. The number of para-hydroxylation sites is 1. The van der Waals surface area contributed by atoms with Gasteiger partial charge in [-0.2, -0.15) is 0 Å². The van der Waals surface area contributed by atoms with Crippen LogP contribution in [0.2, 0.25) is 0 Å². The molecule has 0 aliphatic rings. The maximum atomic E-state index is 11.9. The van der Waals surface area contributed by atoms with E-state index in [0.717, 1.165) is 5.56 Å². The van der Waals surface area contributed by atoms with Gasteiger partial charge in [-0.05, 0) is 13.0 Å². The first-order valence-electron chi connectivity index (χ1n) is 6.74. The van der Waals surface area contributed by atoms with E-state index in [0.29, 0.717) is 23.7 Å². The number of nitrogens with one attached hydrogen (secondary N) is 1. The monoisotopic (exact) mass is 322 g/mol. The van der Waals surface area contributed by atoms with Crippen LogP contribution in [0.4, 0.5) is 0 Å². The lowest BCUT2D eigenvalue weighted by atomic mass is 10.2. The van der Waals surface area contributed by atoms with E-state index in [2.05, 4.69) is 10.5 Å². The van der Waals surface area contributed by atoms with Crippen molar-refractivity contribution in [2.75, 3.05) is 12.9 Å². The Hall–Kier alpha value is -2.15. The van der Waals surface area contributed by atoms with Crippen molar-refractivity contribution < 1.29 is 18.3 Å². The Labute approximate surface area is 131 Å². The summed E-state index contributed by atoms with van der Waals surface area (Å²) in [6.45, 7) is 2.10. The third-order valence-electron chi connectivity index (χ3n) is 2.95. The molecule has 1 amide bonds. The van der Waals surface area contributed by atoms with Gasteiger partial charge in [-0.1, -0.05) is 23.4 Å². The number of aryl methyl sites for hydroxylation is 1. The molecule has 1 heterocycles. The predicted octanol–water partition coefficient (Wildman–Crippen LogP) is 1.56. The highest BCUT2D eigenvalue weighted by Crippen LogP contribution is 2.16. The van der Waals surface area contributed by atoms with Gasteiger partial charge < -0.3 is 14.6 Å². The summed E-state index contributed by atoms with van der Waals surface area (Å²) in [5.74, 6) is 1.24. The minimum absolute atomic E-state index is 0.0684. The molecule has 22 heavy (non-hydrogen) atoms. The highest BCUT2D eigenvalue weighted by Gasteiger charge is 2.11. The predicted molar refractivity (Wildman–Crippen MR) is 82.8 cm³/mol. The summed E-state index contributed by atoms with van der Waals surface area (Å²) in [5.41, 5.74) is 1.46. The van der Waals surface area contributed by atoms with Gasteiger partial charge in [0.2, 0.25) is 5.91 Å². The van der Waals surface area contributed by atoms with E-state index < -0.39 is 10.8 Å². The number of carbonyl (C=O) groups is 1. The molecule has 1 aromatic carbocycles. The standard InChI is InChI=1S/C15H18N2O4S/c1-11-7-13(17-21-11)9-22(19)10-15(18)16-8-12-5-3-4-6-14(12)20-2/h3-7H,8-10H2,1-2H3,(H,16,18)/t22-/m1/s1. The second-order valence-corrected chi connectivity index (χ2v) is 6.20. The molecule has 2 rings (SSSR count). The molecule has 0 bridgehead atoms. The van der Waals surface area contributed by atoms with Crippen LogP contribution in [0.15, 0.2) is 34.9 Å². The zero-order valence-electron chi connectivity index (χ0n) is 12.5. The van der Waals surface area contributed by atoms with Gasteiger partial charge in [-0.3, -0.25) is 9.00 Å². The Morgan fingerprint density at radius 3 is 2.86 bits per heavy atom. The van der Waals surface area contributed by atoms with E-state index >= 15 is 0 Å². The Balaban J connectivity index is 1.81. The van der Waals surface area contributed by atoms with Crippen molar-refractivity contribution in [3.63, 3.8) is 0 Å². The fourth-order valence-electron chi connectivity index (χ4n) is 1.94. The number of rotatable bonds is 7. The Morgan fingerprint density at radius 2 is 2.18 bits per heavy atom. The van der Waals surface area contributed by atoms with E-state index in [-0.39, 0.29) is 17.4 Å². The van der Waals surface area contributed by atoms with Crippen LogP contribution in [0, 0.1) is 6.92 Å². The SMILES string of the molecule is COc1ccccc1CNC(=O)C[S@](=O)Cc1cc(C)on1. The number of amides is 1. The average molecular weight is 322 g/mol. The van der Waals surface area contributed by atoms with Crippen molar-refractivity contribution in [1.82, 2.24) is 10.5 Å². The first-order chi connectivity index (χ1) is 10.6. The van der Waals surface area contributed by atoms with Crippen molar-refractivity contribution in [3.8, 4) is 5.75 Å². The van der Waals surface area contributed by atoms with Crippen molar-refractivity contribution in [2.24, 2.45) is 0 Å². The van der Waals surface area contributed by atoms with Crippen LogP contribution >= 0.6 is 0 Å². The molecule has 0 spiro atoms. The van der Waals surface area contributed by atoms with Gasteiger partial charge in [-0.15, -0.1) is 0 Å². The number of hydrogen-bond acceptors (Lipinski definition) is 5. The van der Waals surface area contributed by atoms with Crippen molar-refractivity contribution in [1.29, 1.82) is 0 Å². The highest BCUT2D eigenvalue weighted by molar-refractivity contribution is 7.84. The van der Waals surface area contributed by atoms with Gasteiger partial charge in [0.15, 0.2) is 0 Å². The van der Waals surface area contributed by atoms with Crippen molar-refractivity contribution in [3.05, 3.63) is 47.3 Å². The summed E-state index contributed by atoms with van der Waals surface area (Å²) < 4.78 is 22.0. The maximum absolute atomic E-state index is 11.9. The van der Waals surface area contributed by atoms with Crippen LogP contribution < -0.4 is 10.1 Å². The molecule has 0 saturated carbocycles. The molecule has 7 heteroatoms. The molecule has 6 nitrogen and oxygen atoms in total. The van der Waals surface area contributed by atoms with Gasteiger partial charge in [0.05, 0.1) is 18.6 Å². The zero-order chi connectivity index (χ0) is 15.9. The van der Waals surface area contributed by atoms with Gasteiger partial charge in [-0.25, -0.2) is 0 Å². The summed E-state index contributed by atoms with van der Waals surface area (Å²) in [6, 6.07) is 9.14. The molecule has 0 saturated heterocycles. The molecule has 0 aliphatic heterocycles. The number of benzene rings is 1. The van der Waals surface area contributed by atoms with Crippen LogP contribution in [0.5, 0.6) is 5.75 Å². The number of methoxy groups -OCH3 is 1. The van der Waals surface area contributed by atoms with E-state index in [1.165, 1.54) is 0 Å². The van der Waals surface area contributed by atoms with E-state index in [4.69, 9.17) is 9.26 Å². The Morgan fingerprint density at radius 1 is 1.41 bits per heavy atom. The Bertz CT molecular complexity index is 669. The second kappa shape index (κ2) is 7.74. The second-order valence-electron chi connectivity index (χ2n) is 4.75. The van der Waals surface area contributed by atoms with E-state index in [1.54, 1.807) is 20.1 Å². The summed E-state index contributed by atoms with van der Waals surface area (Å²) >= 11 is 0. The Kier molecular flexibility index (Phi) is 5.71. The molecule has 1 N–H and O–H groups in total. The summed E-state index contributed by atoms with van der Waals surface area (Å²) in [6.07, 6.45) is 0. The number of aromatic nitrogens is 1. The lowest BCUT2D eigenvalue weighted by molar-refractivity contribution is -0.118. The maximum Gasteiger partial charge on any atom is 0.232 e. The minimum Gasteiger partial charge on any atom is -0.496 e. The molecule has 118 valence electrons. The fraction of sp³-hybridized carbons (Fsp3) is 0.333. The summed E-state index contributed by atoms with van der Waals surface area (Å²) in [5, 5.41) is 6.50. The first-order valence-corrected chi connectivity index (χ1v) is 8.23. The third-order valence-corrected chi connectivity index (χ3v) is 4.15. The molecule has 0 radical (unpaired) electrons. The first kappa shape index (κ1) is 16.2. The third kappa shape index (κ3) is 4.70. The topological polar surface area (TPSA) is 81.4 Å². The van der Waals surface area contributed by atoms with Crippen molar-refractivity contribution in [2.45, 2.75) is 19.2 Å². The number of hydrogen-bond donors (Lipinski definition) is 1. The van der Waals surface area contributed by atoms with Crippen LogP contribution in [0.25, 0.3) is 0 Å². The molecule has 0 aliphatic carbocycles. The van der Waals surface area contributed by atoms with Crippen molar-refractivity contribution >= 4 is 16.7 Å². The van der Waals surface area contributed by atoms with Gasteiger partial charge in [0.25, 0.3) is 0 Å². The molecule has 1 atom stereocenters. The normalized spacial score (nSPS) is 11.9. The largest absolute Gasteiger partial charge is 0.496 e. The number of carbonyl (C=O) groups excluding carboxylic acids is 1. The van der Waals surface area contributed by atoms with E-state index in [1.807, 2.05) is 24.3 Å². The van der Waals surface area contributed by atoms with Gasteiger partial charge in [0, 0.05) is 29.0 Å². The van der Waals surface area contributed by atoms with Gasteiger partial charge >= 0.3 is 0 Å². The molecule has 1 aromatic heterocycles. The highest BCUT2D eigenvalue weighted by atomic mass is 32.2. The fourth-order valence-corrected chi connectivity index (χ4v) is 2.90. The minimum atomic E-state index is -1.32. The van der Waals surface area contributed by atoms with Crippen LogP contribution in [-0.2, 0) is 27.9 Å². The van der Waals surface area contributed by atoms with E-state index in [9.17, 15) is 9.00 Å². The summed E-state index contributed by atoms with van der Waals surface area (Å²) in [7, 11) is 0.260. The molecule has 0 fully saturated rings. The number of nitrogens with zero attached hydrogens (tertiary/aromatic N) is 1. The average Bonchev–Trinajstić information content (AvgIpc) is 2.90. The smallest absolute Gasteiger partial charge is 0.232 e. The van der Waals surface area contributed by atoms with Crippen LogP contribution in [0.3, 0.4) is 0 Å². The molecular weight excluding hydrogens is 304 g/mol. The lowest BCUT2D eigenvalue weighted by Gasteiger charge is -2.09. The number of ether oxygens (including phenoxy) is 1. The molecule has 0 unspecified atom stereocenters. The van der Waals surface area contributed by atoms with Crippen LogP contribution in [-0.4, -0.2) is 28.1 Å². The van der Waals surface area contributed by atoms with Crippen LogP contribution in [0.1, 0.15) is 17.0 Å². The summed E-state index contributed by atoms with van der Waals surface area (Å²) in [4.78, 5) is 11.8. The lowest BCUT2D eigenvalue weighted by Crippen LogP contribution is -2.28. The quantitative estimate of drug-likeness (QED) is 0.836. The zero-order valence-corrected chi connectivity index (χ0v) is 13.3. The molecular formula is C15H18N2O4S.